The molecule has 2 amide bonds. The van der Waals surface area contributed by atoms with Crippen LogP contribution in [0, 0.1) is 5.41 Å². The predicted molar refractivity (Wildman–Crippen MR) is 127 cm³/mol. The van der Waals surface area contributed by atoms with Crippen molar-refractivity contribution in [2.24, 2.45) is 5.41 Å². The summed E-state index contributed by atoms with van der Waals surface area (Å²) in [6.45, 7) is 8.66. The van der Waals surface area contributed by atoms with Crippen LogP contribution in [-0.4, -0.2) is 39.0 Å². The van der Waals surface area contributed by atoms with Gasteiger partial charge in [0.25, 0.3) is 5.91 Å². The van der Waals surface area contributed by atoms with Gasteiger partial charge in [-0.3, -0.25) is 9.48 Å². The Morgan fingerprint density at radius 2 is 1.81 bits per heavy atom. The molecule has 3 aromatic rings. The molecule has 32 heavy (non-hydrogen) atoms. The summed E-state index contributed by atoms with van der Waals surface area (Å²) in [6, 6.07) is 14.5. The maximum atomic E-state index is 13.2. The smallest absolute Gasteiger partial charge is 0.404 e. The van der Waals surface area contributed by atoms with Crippen LogP contribution in [0.2, 0.25) is 0 Å². The van der Waals surface area contributed by atoms with Crippen molar-refractivity contribution in [3.8, 4) is 10.6 Å². The second-order valence-corrected chi connectivity index (χ2v) is 9.84. The van der Waals surface area contributed by atoms with E-state index in [0.29, 0.717) is 11.3 Å². The van der Waals surface area contributed by atoms with E-state index < -0.39 is 23.6 Å². The van der Waals surface area contributed by atoms with Crippen LogP contribution in [0.3, 0.4) is 0 Å². The second-order valence-electron chi connectivity index (χ2n) is 8.76. The number of amides is 2. The summed E-state index contributed by atoms with van der Waals surface area (Å²) in [5.41, 5.74) is 1.59. The van der Waals surface area contributed by atoms with E-state index in [1.165, 1.54) is 11.3 Å². The molecule has 8 heteroatoms. The fraction of sp³-hybridized carbons (Fsp3) is 0.375. The van der Waals surface area contributed by atoms with Gasteiger partial charge in [-0.15, -0.1) is 11.3 Å². The Hall–Kier alpha value is -3.13. The minimum Gasteiger partial charge on any atom is -0.465 e. The fourth-order valence-corrected chi connectivity index (χ4v) is 4.74. The van der Waals surface area contributed by atoms with E-state index in [-0.39, 0.29) is 5.91 Å². The Bertz CT molecular complexity index is 1050. The van der Waals surface area contributed by atoms with Crippen molar-refractivity contribution in [2.75, 3.05) is 0 Å². The number of aromatic nitrogens is 2. The quantitative estimate of drug-likeness (QED) is 0.461. The Morgan fingerprint density at radius 3 is 2.44 bits per heavy atom. The molecule has 2 unspecified atom stereocenters. The van der Waals surface area contributed by atoms with E-state index in [1.807, 2.05) is 74.8 Å². The summed E-state index contributed by atoms with van der Waals surface area (Å²) in [5.74, 6) is -0.216. The Balaban J connectivity index is 1.86. The first kappa shape index (κ1) is 23.5. The number of carbonyl (C=O) groups is 2. The number of nitrogens with one attached hydrogen (secondary N) is 2. The number of thiophene rings is 1. The number of carbonyl (C=O) groups excluding carboxylic acids is 1. The first-order valence-electron chi connectivity index (χ1n) is 10.6. The molecule has 3 N–H and O–H groups in total. The zero-order chi connectivity index (χ0) is 23.3. The number of carboxylic acid groups (broad SMARTS) is 1. The van der Waals surface area contributed by atoms with E-state index >= 15 is 0 Å². The van der Waals surface area contributed by atoms with Crippen molar-refractivity contribution < 1.29 is 14.7 Å². The lowest BCUT2D eigenvalue weighted by atomic mass is 9.80. The normalized spacial score (nSPS) is 13.4. The van der Waals surface area contributed by atoms with Crippen LogP contribution in [0.5, 0.6) is 0 Å². The molecule has 1 aromatic carbocycles. The standard InChI is InChI=1S/C24H30N4O3S/c1-5-28-18(13-14-25-28)19-11-12-20(32-19)22(29)26-17(15-16-9-7-6-8-10-16)21(24(2,3)4)27-23(30)31/h6-14,17,21,27H,5,15H2,1-4H3,(H,26,29)(H,30,31). The zero-order valence-electron chi connectivity index (χ0n) is 18.8. The van der Waals surface area contributed by atoms with Crippen molar-refractivity contribution in [3.05, 3.63) is 65.2 Å². The third kappa shape index (κ3) is 5.76. The highest BCUT2D eigenvalue weighted by Gasteiger charge is 2.35. The van der Waals surface area contributed by atoms with Gasteiger partial charge in [0.15, 0.2) is 0 Å². The molecule has 0 spiro atoms. The lowest BCUT2D eigenvalue weighted by Gasteiger charge is -2.37. The van der Waals surface area contributed by atoms with E-state index in [2.05, 4.69) is 15.7 Å². The van der Waals surface area contributed by atoms with E-state index in [4.69, 9.17) is 0 Å². The molecule has 3 rings (SSSR count). The van der Waals surface area contributed by atoms with Crippen LogP contribution in [0.4, 0.5) is 4.79 Å². The van der Waals surface area contributed by atoms with E-state index in [1.54, 1.807) is 12.3 Å². The molecule has 2 aromatic heterocycles. The summed E-state index contributed by atoms with van der Waals surface area (Å²) in [6.07, 6.45) is 1.15. The van der Waals surface area contributed by atoms with Gasteiger partial charge >= 0.3 is 6.09 Å². The molecular formula is C24H30N4O3S. The van der Waals surface area contributed by atoms with Crippen molar-refractivity contribution in [1.82, 2.24) is 20.4 Å². The minimum atomic E-state index is -1.11. The van der Waals surface area contributed by atoms with Crippen LogP contribution in [0.15, 0.2) is 54.7 Å². The summed E-state index contributed by atoms with van der Waals surface area (Å²) in [5, 5.41) is 19.5. The van der Waals surface area contributed by atoms with Crippen LogP contribution >= 0.6 is 11.3 Å². The fourth-order valence-electron chi connectivity index (χ4n) is 3.80. The lowest BCUT2D eigenvalue weighted by molar-refractivity contribution is 0.0905. The second kappa shape index (κ2) is 9.99. The van der Waals surface area contributed by atoms with Crippen LogP contribution < -0.4 is 10.6 Å². The van der Waals surface area contributed by atoms with Gasteiger partial charge in [-0.25, -0.2) is 4.79 Å². The first-order valence-corrected chi connectivity index (χ1v) is 11.5. The topological polar surface area (TPSA) is 96.3 Å². The monoisotopic (exact) mass is 454 g/mol. The van der Waals surface area contributed by atoms with Gasteiger partial charge in [-0.2, -0.15) is 5.10 Å². The minimum absolute atomic E-state index is 0.216. The van der Waals surface area contributed by atoms with Crippen LogP contribution in [0.1, 0.15) is 42.9 Å². The van der Waals surface area contributed by atoms with Crippen molar-refractivity contribution in [1.29, 1.82) is 0 Å². The Kier molecular flexibility index (Phi) is 7.35. The van der Waals surface area contributed by atoms with E-state index in [9.17, 15) is 14.7 Å². The predicted octanol–water partition coefficient (Wildman–Crippen LogP) is 4.65. The molecule has 0 bridgehead atoms. The molecule has 7 nitrogen and oxygen atoms in total. The van der Waals surface area contributed by atoms with Gasteiger partial charge < -0.3 is 15.7 Å². The maximum Gasteiger partial charge on any atom is 0.404 e. The first-order chi connectivity index (χ1) is 15.2. The van der Waals surface area contributed by atoms with Crippen molar-refractivity contribution >= 4 is 23.3 Å². The molecule has 0 aliphatic carbocycles. The molecule has 0 fully saturated rings. The lowest BCUT2D eigenvalue weighted by Crippen LogP contribution is -2.58. The van der Waals surface area contributed by atoms with Crippen LogP contribution in [0.25, 0.3) is 10.6 Å². The molecule has 0 saturated heterocycles. The van der Waals surface area contributed by atoms with E-state index in [0.717, 1.165) is 22.7 Å². The SMILES string of the molecule is CCn1nccc1-c1ccc(C(=O)NC(Cc2ccccc2)C(NC(=O)O)C(C)(C)C)s1. The summed E-state index contributed by atoms with van der Waals surface area (Å²) in [7, 11) is 0. The highest BCUT2D eigenvalue weighted by Crippen LogP contribution is 2.29. The highest BCUT2D eigenvalue weighted by atomic mass is 32.1. The number of rotatable bonds is 8. The number of nitrogens with zero attached hydrogens (tertiary/aromatic N) is 2. The molecule has 170 valence electrons. The molecule has 0 aliphatic heterocycles. The largest absolute Gasteiger partial charge is 0.465 e. The zero-order valence-corrected chi connectivity index (χ0v) is 19.6. The molecular weight excluding hydrogens is 424 g/mol. The molecule has 0 aliphatic rings. The molecule has 2 atom stereocenters. The number of benzene rings is 1. The number of hydrogen-bond donors (Lipinski definition) is 3. The average molecular weight is 455 g/mol. The Morgan fingerprint density at radius 1 is 1.09 bits per heavy atom. The summed E-state index contributed by atoms with van der Waals surface area (Å²) < 4.78 is 1.89. The third-order valence-electron chi connectivity index (χ3n) is 5.33. The van der Waals surface area contributed by atoms with Gasteiger partial charge in [0, 0.05) is 12.7 Å². The number of aryl methyl sites for hydroxylation is 1. The Labute approximate surface area is 192 Å². The maximum absolute atomic E-state index is 13.2. The highest BCUT2D eigenvalue weighted by molar-refractivity contribution is 7.17. The number of hydrogen-bond acceptors (Lipinski definition) is 4. The van der Waals surface area contributed by atoms with Crippen molar-refractivity contribution in [2.45, 2.75) is 52.7 Å². The summed E-state index contributed by atoms with van der Waals surface area (Å²) in [4.78, 5) is 26.3. The molecule has 0 saturated carbocycles. The van der Waals surface area contributed by atoms with Gasteiger partial charge in [0.2, 0.25) is 0 Å². The molecule has 2 heterocycles. The van der Waals surface area contributed by atoms with Gasteiger partial charge in [-0.1, -0.05) is 51.1 Å². The summed E-state index contributed by atoms with van der Waals surface area (Å²) >= 11 is 1.40. The van der Waals surface area contributed by atoms with Gasteiger partial charge in [-0.05, 0) is 42.5 Å². The average Bonchev–Trinajstić information content (AvgIpc) is 3.40. The third-order valence-corrected chi connectivity index (χ3v) is 6.43. The molecule has 0 radical (unpaired) electrons. The van der Waals surface area contributed by atoms with Crippen LogP contribution in [-0.2, 0) is 13.0 Å². The van der Waals surface area contributed by atoms with Gasteiger partial charge in [0.05, 0.1) is 27.5 Å². The van der Waals surface area contributed by atoms with Gasteiger partial charge in [0.1, 0.15) is 0 Å². The van der Waals surface area contributed by atoms with Crippen molar-refractivity contribution in [3.63, 3.8) is 0 Å².